The minimum absolute atomic E-state index is 0.235. The van der Waals surface area contributed by atoms with Crippen molar-refractivity contribution >= 4 is 11.4 Å². The van der Waals surface area contributed by atoms with Crippen LogP contribution in [-0.2, 0) is 4.74 Å². The lowest BCUT2D eigenvalue weighted by Crippen LogP contribution is -2.61. The van der Waals surface area contributed by atoms with Crippen LogP contribution in [0, 0.1) is 15.9 Å². The van der Waals surface area contributed by atoms with Gasteiger partial charge in [0.2, 0.25) is 0 Å². The van der Waals surface area contributed by atoms with E-state index in [1.807, 2.05) is 6.92 Å². The van der Waals surface area contributed by atoms with Crippen LogP contribution < -0.4 is 4.90 Å². The van der Waals surface area contributed by atoms with E-state index in [0.717, 1.165) is 6.07 Å². The van der Waals surface area contributed by atoms with E-state index in [-0.39, 0.29) is 11.3 Å². The lowest BCUT2D eigenvalue weighted by Gasteiger charge is -2.48. The predicted octanol–water partition coefficient (Wildman–Crippen LogP) is 1.96. The van der Waals surface area contributed by atoms with Gasteiger partial charge in [0.05, 0.1) is 22.3 Å². The highest BCUT2D eigenvalue weighted by atomic mass is 19.1. The average Bonchev–Trinajstić information content (AvgIpc) is 2.25. The molecular weight excluding hydrogens is 227 g/mol. The van der Waals surface area contributed by atoms with Gasteiger partial charge in [-0.3, -0.25) is 10.1 Å². The molecule has 6 heteroatoms. The van der Waals surface area contributed by atoms with Crippen LogP contribution in [0.2, 0.25) is 0 Å². The molecule has 1 saturated heterocycles. The van der Waals surface area contributed by atoms with Crippen molar-refractivity contribution in [3.8, 4) is 0 Å². The Balaban J connectivity index is 2.17. The van der Waals surface area contributed by atoms with Gasteiger partial charge in [-0.05, 0) is 13.0 Å². The van der Waals surface area contributed by atoms with Crippen molar-refractivity contribution in [1.29, 1.82) is 0 Å². The number of ether oxygens (including phenoxy) is 1. The molecular formula is C11H13FN2O3. The number of non-ortho nitro benzene ring substituents is 1. The summed E-state index contributed by atoms with van der Waals surface area (Å²) in [6, 6.07) is 3.68. The molecule has 1 aromatic carbocycles. The maximum Gasteiger partial charge on any atom is 0.272 e. The molecule has 0 spiro atoms. The molecule has 1 aromatic rings. The topological polar surface area (TPSA) is 55.6 Å². The number of benzene rings is 1. The van der Waals surface area contributed by atoms with Gasteiger partial charge in [0.25, 0.3) is 5.69 Å². The SMILES string of the molecule is COC1(C)CN(c2ccc([N+](=O)[O-])cc2F)C1. The molecule has 17 heavy (non-hydrogen) atoms. The smallest absolute Gasteiger partial charge is 0.272 e. The van der Waals surface area contributed by atoms with Crippen LogP contribution in [-0.4, -0.2) is 30.7 Å². The average molecular weight is 240 g/mol. The van der Waals surface area contributed by atoms with Crippen molar-refractivity contribution in [2.24, 2.45) is 0 Å². The number of halogens is 1. The van der Waals surface area contributed by atoms with Gasteiger partial charge in [-0.25, -0.2) is 4.39 Å². The van der Waals surface area contributed by atoms with E-state index in [9.17, 15) is 14.5 Å². The molecule has 0 saturated carbocycles. The zero-order valence-electron chi connectivity index (χ0n) is 9.64. The Morgan fingerprint density at radius 1 is 1.53 bits per heavy atom. The standard InChI is InChI=1S/C11H13FN2O3/c1-11(17-2)6-13(7-11)10-4-3-8(14(15)16)5-9(10)12/h3-5H,6-7H2,1-2H3. The van der Waals surface area contributed by atoms with E-state index in [4.69, 9.17) is 4.74 Å². The first-order valence-electron chi connectivity index (χ1n) is 5.19. The third-order valence-corrected chi connectivity index (χ3v) is 3.03. The van der Waals surface area contributed by atoms with E-state index < -0.39 is 10.7 Å². The summed E-state index contributed by atoms with van der Waals surface area (Å²) < 4.78 is 18.9. The third kappa shape index (κ3) is 2.08. The van der Waals surface area contributed by atoms with Crippen molar-refractivity contribution in [3.05, 3.63) is 34.1 Å². The highest BCUT2D eigenvalue weighted by Gasteiger charge is 2.40. The molecule has 92 valence electrons. The van der Waals surface area contributed by atoms with Crippen molar-refractivity contribution in [1.82, 2.24) is 0 Å². The van der Waals surface area contributed by atoms with Crippen molar-refractivity contribution in [2.45, 2.75) is 12.5 Å². The number of nitro benzene ring substituents is 1. The van der Waals surface area contributed by atoms with Gasteiger partial charge in [-0.15, -0.1) is 0 Å². The Morgan fingerprint density at radius 2 is 2.18 bits per heavy atom. The van der Waals surface area contributed by atoms with Gasteiger partial charge in [-0.2, -0.15) is 0 Å². The summed E-state index contributed by atoms with van der Waals surface area (Å²) in [5.41, 5.74) is -0.111. The molecule has 0 aliphatic carbocycles. The highest BCUT2D eigenvalue weighted by molar-refractivity contribution is 5.55. The van der Waals surface area contributed by atoms with Gasteiger partial charge in [0.15, 0.2) is 5.82 Å². The summed E-state index contributed by atoms with van der Waals surface area (Å²) in [7, 11) is 1.61. The number of hydrogen-bond donors (Lipinski definition) is 0. The molecule has 2 rings (SSSR count). The number of anilines is 1. The molecule has 0 aromatic heterocycles. The van der Waals surface area contributed by atoms with Crippen LogP contribution in [0.4, 0.5) is 15.8 Å². The molecule has 1 aliphatic rings. The second kappa shape index (κ2) is 3.96. The van der Waals surface area contributed by atoms with Crippen LogP contribution in [0.3, 0.4) is 0 Å². The van der Waals surface area contributed by atoms with E-state index in [2.05, 4.69) is 0 Å². The fraction of sp³-hybridized carbons (Fsp3) is 0.455. The van der Waals surface area contributed by atoms with Gasteiger partial charge in [0.1, 0.15) is 0 Å². The molecule has 0 unspecified atom stereocenters. The first kappa shape index (κ1) is 11.8. The Labute approximate surface area is 97.9 Å². The van der Waals surface area contributed by atoms with Gasteiger partial charge < -0.3 is 9.64 Å². The monoisotopic (exact) mass is 240 g/mol. The zero-order valence-corrected chi connectivity index (χ0v) is 9.64. The lowest BCUT2D eigenvalue weighted by atomic mass is 9.95. The highest BCUT2D eigenvalue weighted by Crippen LogP contribution is 2.32. The van der Waals surface area contributed by atoms with Crippen molar-refractivity contribution in [3.63, 3.8) is 0 Å². The molecule has 1 aliphatic heterocycles. The molecule has 1 heterocycles. The first-order chi connectivity index (χ1) is 7.95. The Morgan fingerprint density at radius 3 is 2.65 bits per heavy atom. The summed E-state index contributed by atoms with van der Waals surface area (Å²) in [5.74, 6) is -0.572. The van der Waals surface area contributed by atoms with Crippen molar-refractivity contribution < 1.29 is 14.1 Å². The molecule has 5 nitrogen and oxygen atoms in total. The molecule has 0 radical (unpaired) electrons. The maximum atomic E-state index is 13.7. The molecule has 0 bridgehead atoms. The van der Waals surface area contributed by atoms with Gasteiger partial charge in [-0.1, -0.05) is 0 Å². The van der Waals surface area contributed by atoms with E-state index in [0.29, 0.717) is 18.8 Å². The third-order valence-electron chi connectivity index (χ3n) is 3.03. The molecule has 0 amide bonds. The van der Waals surface area contributed by atoms with Crippen LogP contribution in [0.25, 0.3) is 0 Å². The fourth-order valence-corrected chi connectivity index (χ4v) is 1.93. The lowest BCUT2D eigenvalue weighted by molar-refractivity contribution is -0.385. The van der Waals surface area contributed by atoms with Gasteiger partial charge >= 0.3 is 0 Å². The van der Waals surface area contributed by atoms with Crippen molar-refractivity contribution in [2.75, 3.05) is 25.1 Å². The summed E-state index contributed by atoms with van der Waals surface area (Å²) in [6.45, 7) is 3.10. The summed E-state index contributed by atoms with van der Waals surface area (Å²) in [4.78, 5) is 11.7. The normalized spacial score (nSPS) is 17.7. The molecule has 0 atom stereocenters. The maximum absolute atomic E-state index is 13.7. The largest absolute Gasteiger partial charge is 0.375 e. The van der Waals surface area contributed by atoms with E-state index in [1.165, 1.54) is 12.1 Å². The fourth-order valence-electron chi connectivity index (χ4n) is 1.93. The van der Waals surface area contributed by atoms with Crippen LogP contribution in [0.1, 0.15) is 6.92 Å². The minimum atomic E-state index is -0.609. The number of nitrogens with zero attached hydrogens (tertiary/aromatic N) is 2. The summed E-state index contributed by atoms with van der Waals surface area (Å²) in [5, 5.41) is 10.5. The summed E-state index contributed by atoms with van der Waals surface area (Å²) in [6.07, 6.45) is 0. The van der Waals surface area contributed by atoms with E-state index >= 15 is 0 Å². The number of hydrogen-bond acceptors (Lipinski definition) is 4. The second-order valence-electron chi connectivity index (χ2n) is 4.40. The minimum Gasteiger partial charge on any atom is -0.375 e. The van der Waals surface area contributed by atoms with Crippen LogP contribution >= 0.6 is 0 Å². The quantitative estimate of drug-likeness (QED) is 0.598. The van der Waals surface area contributed by atoms with E-state index in [1.54, 1.807) is 12.0 Å². The molecule has 0 N–H and O–H groups in total. The predicted molar refractivity (Wildman–Crippen MR) is 60.7 cm³/mol. The first-order valence-corrected chi connectivity index (χ1v) is 5.19. The number of rotatable bonds is 3. The Bertz CT molecular complexity index is 458. The second-order valence-corrected chi connectivity index (χ2v) is 4.40. The molecule has 1 fully saturated rings. The van der Waals surface area contributed by atoms with Crippen LogP contribution in [0.15, 0.2) is 18.2 Å². The number of nitro groups is 1. The summed E-state index contributed by atoms with van der Waals surface area (Å²) >= 11 is 0. The Hall–Kier alpha value is -1.69. The van der Waals surface area contributed by atoms with Gasteiger partial charge in [0, 0.05) is 26.3 Å². The van der Waals surface area contributed by atoms with Crippen LogP contribution in [0.5, 0.6) is 0 Å². The Kier molecular flexibility index (Phi) is 2.74. The number of methoxy groups -OCH3 is 1. The zero-order chi connectivity index (χ0) is 12.6.